The molecule has 1 fully saturated rings. The molecule has 0 radical (unpaired) electrons. The van der Waals surface area contributed by atoms with Crippen LogP contribution in [0.5, 0.6) is 0 Å². The van der Waals surface area contributed by atoms with Crippen LogP contribution in [0.4, 0.5) is 0 Å². The van der Waals surface area contributed by atoms with Crippen molar-refractivity contribution in [3.05, 3.63) is 0 Å². The summed E-state index contributed by atoms with van der Waals surface area (Å²) in [4.78, 5) is 9.44. The zero-order valence-electron chi connectivity index (χ0n) is 12.0. The summed E-state index contributed by atoms with van der Waals surface area (Å²) in [5, 5.41) is 31.6. The van der Waals surface area contributed by atoms with Gasteiger partial charge in [-0.2, -0.15) is 0 Å². The predicted octanol–water partition coefficient (Wildman–Crippen LogP) is -1.04. The molecule has 0 aromatic carbocycles. The normalized spacial score (nSPS) is 13.1. The standard InChI is InChI=1S/C4H8O2.C3H8O3.C3H6O.C2H6O/c1-2-6-4-3-5-1;4-1-3(6)2-5;1-3(2)4;1-2-3/h1-4H2;3-6H,1-2H2;1-2H3;3H,2H2,1H3. The molecule has 0 aliphatic carbocycles. The van der Waals surface area contributed by atoms with Crippen LogP contribution in [0.3, 0.4) is 0 Å². The fourth-order valence-corrected chi connectivity index (χ4v) is 0.498. The van der Waals surface area contributed by atoms with Crippen LogP contribution in [-0.2, 0) is 14.3 Å². The van der Waals surface area contributed by atoms with Crippen molar-refractivity contribution >= 4 is 5.78 Å². The zero-order chi connectivity index (χ0) is 15.5. The minimum absolute atomic E-state index is 0.167. The monoisotopic (exact) mass is 284 g/mol. The van der Waals surface area contributed by atoms with Crippen molar-refractivity contribution in [2.24, 2.45) is 0 Å². The van der Waals surface area contributed by atoms with Crippen LogP contribution < -0.4 is 0 Å². The van der Waals surface area contributed by atoms with Gasteiger partial charge < -0.3 is 34.7 Å². The van der Waals surface area contributed by atoms with E-state index in [0.717, 1.165) is 26.4 Å². The number of ether oxygens (including phenoxy) is 2. The van der Waals surface area contributed by atoms with E-state index in [-0.39, 0.29) is 25.6 Å². The highest BCUT2D eigenvalue weighted by Crippen LogP contribution is 1.85. The quantitative estimate of drug-likeness (QED) is 0.511. The Balaban J connectivity index is -0.000000187. The molecule has 1 aliphatic heterocycles. The number of rotatable bonds is 2. The third kappa shape index (κ3) is 46.7. The lowest BCUT2D eigenvalue weighted by molar-refractivity contribution is -0.114. The van der Waals surface area contributed by atoms with Crippen molar-refractivity contribution in [1.29, 1.82) is 0 Å². The Morgan fingerprint density at radius 1 is 1.00 bits per heavy atom. The Labute approximate surface area is 114 Å². The minimum atomic E-state index is -0.954. The van der Waals surface area contributed by atoms with E-state index in [2.05, 4.69) is 0 Å². The molecule has 4 N–H and O–H groups in total. The van der Waals surface area contributed by atoms with E-state index < -0.39 is 6.10 Å². The molecule has 0 aromatic heterocycles. The van der Waals surface area contributed by atoms with E-state index in [1.165, 1.54) is 13.8 Å². The highest BCUT2D eigenvalue weighted by atomic mass is 16.6. The van der Waals surface area contributed by atoms with Crippen molar-refractivity contribution in [3.63, 3.8) is 0 Å². The van der Waals surface area contributed by atoms with Gasteiger partial charge >= 0.3 is 0 Å². The van der Waals surface area contributed by atoms with Crippen molar-refractivity contribution in [3.8, 4) is 0 Å². The molecular weight excluding hydrogens is 256 g/mol. The van der Waals surface area contributed by atoms with E-state index in [1.54, 1.807) is 6.92 Å². The number of ketones is 1. The van der Waals surface area contributed by atoms with Gasteiger partial charge in [-0.1, -0.05) is 0 Å². The maximum absolute atomic E-state index is 9.44. The fraction of sp³-hybridized carbons (Fsp3) is 0.917. The van der Waals surface area contributed by atoms with Crippen LogP contribution in [0, 0.1) is 0 Å². The predicted molar refractivity (Wildman–Crippen MR) is 70.9 cm³/mol. The SMILES string of the molecule is C1COCCO1.CC(C)=O.CCO.OCC(O)CO. The van der Waals surface area contributed by atoms with E-state index >= 15 is 0 Å². The molecule has 0 spiro atoms. The van der Waals surface area contributed by atoms with Gasteiger partial charge in [-0.05, 0) is 20.8 Å². The largest absolute Gasteiger partial charge is 0.397 e. The van der Waals surface area contributed by atoms with Gasteiger partial charge in [0.25, 0.3) is 0 Å². The number of carbonyl (C=O) groups is 1. The summed E-state index contributed by atoms with van der Waals surface area (Å²) in [6.45, 7) is 7.37. The average Bonchev–Trinajstić information content (AvgIpc) is 2.41. The van der Waals surface area contributed by atoms with E-state index in [4.69, 9.17) is 29.9 Å². The van der Waals surface area contributed by atoms with E-state index in [1.807, 2.05) is 0 Å². The fourth-order valence-electron chi connectivity index (χ4n) is 0.498. The highest BCUT2D eigenvalue weighted by Gasteiger charge is 1.94. The second-order valence-corrected chi connectivity index (χ2v) is 3.47. The molecular formula is C12H28O7. The first-order valence-electron chi connectivity index (χ1n) is 6.09. The summed E-state index contributed by atoms with van der Waals surface area (Å²) in [7, 11) is 0. The topological polar surface area (TPSA) is 116 Å². The van der Waals surface area contributed by atoms with Gasteiger partial charge in [-0.15, -0.1) is 0 Å². The summed E-state index contributed by atoms with van der Waals surface area (Å²) >= 11 is 0. The van der Waals surface area contributed by atoms with Crippen molar-refractivity contribution in [2.45, 2.75) is 26.9 Å². The van der Waals surface area contributed by atoms with Gasteiger partial charge in [-0.3, -0.25) is 0 Å². The molecule has 118 valence electrons. The second-order valence-electron chi connectivity index (χ2n) is 3.47. The minimum Gasteiger partial charge on any atom is -0.397 e. The molecule has 1 heterocycles. The maximum Gasteiger partial charge on any atom is 0.126 e. The van der Waals surface area contributed by atoms with Crippen molar-refractivity contribution in [2.75, 3.05) is 46.2 Å². The van der Waals surface area contributed by atoms with E-state index in [9.17, 15) is 4.79 Å². The average molecular weight is 284 g/mol. The zero-order valence-corrected chi connectivity index (χ0v) is 12.0. The number of aliphatic hydroxyl groups is 4. The molecule has 7 heteroatoms. The number of hydrogen-bond acceptors (Lipinski definition) is 7. The lowest BCUT2D eigenvalue weighted by Crippen LogP contribution is -2.16. The molecule has 1 saturated heterocycles. The maximum atomic E-state index is 9.44. The Morgan fingerprint density at radius 2 is 1.21 bits per heavy atom. The molecule has 1 rings (SSSR count). The molecule has 0 saturated carbocycles. The summed E-state index contributed by atoms with van der Waals surface area (Å²) in [5.74, 6) is 0.167. The van der Waals surface area contributed by atoms with Crippen LogP contribution >= 0.6 is 0 Å². The Kier molecular flexibility index (Phi) is 28.0. The summed E-state index contributed by atoms with van der Waals surface area (Å²) in [6.07, 6.45) is -0.954. The Morgan fingerprint density at radius 3 is 1.26 bits per heavy atom. The van der Waals surface area contributed by atoms with Crippen LogP contribution in [-0.4, -0.2) is 78.6 Å². The number of Topliss-reactive ketones (excluding diaryl/α,β-unsaturated/α-hetero) is 1. The number of carbonyl (C=O) groups excluding carboxylic acids is 1. The van der Waals surface area contributed by atoms with Gasteiger partial charge in [0, 0.05) is 6.61 Å². The first-order chi connectivity index (χ1) is 8.95. The van der Waals surface area contributed by atoms with Crippen molar-refractivity contribution in [1.82, 2.24) is 0 Å². The Hall–Kier alpha value is -0.570. The summed E-state index contributed by atoms with van der Waals surface area (Å²) < 4.78 is 9.89. The van der Waals surface area contributed by atoms with Crippen LogP contribution in [0.1, 0.15) is 20.8 Å². The molecule has 0 aromatic rings. The van der Waals surface area contributed by atoms with Crippen LogP contribution in [0.25, 0.3) is 0 Å². The van der Waals surface area contributed by atoms with Crippen LogP contribution in [0.15, 0.2) is 0 Å². The van der Waals surface area contributed by atoms with Gasteiger partial charge in [0.15, 0.2) is 0 Å². The van der Waals surface area contributed by atoms with E-state index in [0.29, 0.717) is 0 Å². The molecule has 0 unspecified atom stereocenters. The first-order valence-corrected chi connectivity index (χ1v) is 6.09. The molecule has 0 atom stereocenters. The smallest absolute Gasteiger partial charge is 0.126 e. The second kappa shape index (κ2) is 22.6. The molecule has 1 aliphatic rings. The molecule has 0 amide bonds. The number of aliphatic hydroxyl groups excluding tert-OH is 4. The van der Waals surface area contributed by atoms with Gasteiger partial charge in [0.05, 0.1) is 39.6 Å². The first kappa shape index (κ1) is 23.5. The van der Waals surface area contributed by atoms with Gasteiger partial charge in [0.2, 0.25) is 0 Å². The van der Waals surface area contributed by atoms with Crippen molar-refractivity contribution < 1.29 is 34.7 Å². The lowest BCUT2D eigenvalue weighted by Gasteiger charge is -2.09. The third-order valence-electron chi connectivity index (χ3n) is 1.17. The van der Waals surface area contributed by atoms with Gasteiger partial charge in [0.1, 0.15) is 11.9 Å². The third-order valence-corrected chi connectivity index (χ3v) is 1.17. The highest BCUT2D eigenvalue weighted by molar-refractivity contribution is 5.72. The summed E-state index contributed by atoms with van der Waals surface area (Å²) in [6, 6.07) is 0. The molecule has 0 bridgehead atoms. The molecule has 19 heavy (non-hydrogen) atoms. The Bertz CT molecular complexity index is 141. The van der Waals surface area contributed by atoms with Gasteiger partial charge in [-0.25, -0.2) is 0 Å². The van der Waals surface area contributed by atoms with Crippen LogP contribution in [0.2, 0.25) is 0 Å². The lowest BCUT2D eigenvalue weighted by atomic mass is 10.4. The summed E-state index contributed by atoms with van der Waals surface area (Å²) in [5.41, 5.74) is 0. The number of hydrogen-bond donors (Lipinski definition) is 4. The molecule has 7 nitrogen and oxygen atoms in total.